The molecule has 5 nitrogen and oxygen atoms in total. The van der Waals surface area contributed by atoms with E-state index in [-0.39, 0.29) is 6.61 Å². The van der Waals surface area contributed by atoms with Gasteiger partial charge in [0, 0.05) is 6.42 Å². The maximum absolute atomic E-state index is 11.4. The number of aryl methyl sites for hydroxylation is 1. The van der Waals surface area contributed by atoms with Gasteiger partial charge >= 0.3 is 5.97 Å². The molecule has 0 saturated carbocycles. The van der Waals surface area contributed by atoms with E-state index in [1.54, 1.807) is 6.92 Å². The largest absolute Gasteiger partial charge is 0.464 e. The molecule has 0 saturated heterocycles. The van der Waals surface area contributed by atoms with E-state index in [1.165, 1.54) is 11.8 Å². The number of nitrogens with one attached hydrogen (secondary N) is 1. The standard InChI is InChI=1S/C11H18N2O3S/c1-4-6-7-12-8(10(13-7)17-3)9(14)11(15)16-5-2/h9,14H,4-6H2,1-3H3,(H,12,13). The van der Waals surface area contributed by atoms with Crippen LogP contribution in [0.1, 0.15) is 37.9 Å². The predicted octanol–water partition coefficient (Wildman–Crippen LogP) is 1.68. The van der Waals surface area contributed by atoms with Crippen molar-refractivity contribution in [1.29, 1.82) is 0 Å². The van der Waals surface area contributed by atoms with E-state index in [0.717, 1.165) is 18.7 Å². The molecule has 0 amide bonds. The van der Waals surface area contributed by atoms with Crippen LogP contribution in [0.5, 0.6) is 0 Å². The minimum atomic E-state index is -1.28. The number of ether oxygens (including phenoxy) is 1. The molecule has 1 atom stereocenters. The second-order valence-corrected chi connectivity index (χ2v) is 4.31. The Morgan fingerprint density at radius 1 is 1.59 bits per heavy atom. The lowest BCUT2D eigenvalue weighted by Gasteiger charge is -2.08. The van der Waals surface area contributed by atoms with Gasteiger partial charge in [0.2, 0.25) is 0 Å². The summed E-state index contributed by atoms with van der Waals surface area (Å²) >= 11 is 1.40. The van der Waals surface area contributed by atoms with Crippen LogP contribution in [0.15, 0.2) is 5.03 Å². The normalized spacial score (nSPS) is 12.5. The molecule has 0 aromatic carbocycles. The van der Waals surface area contributed by atoms with E-state index in [0.29, 0.717) is 10.7 Å². The van der Waals surface area contributed by atoms with Gasteiger partial charge in [0.1, 0.15) is 10.9 Å². The van der Waals surface area contributed by atoms with Crippen LogP contribution in [-0.2, 0) is 16.0 Å². The molecular formula is C11H18N2O3S. The number of nitrogens with zero attached hydrogens (tertiary/aromatic N) is 1. The Balaban J connectivity index is 2.90. The molecule has 96 valence electrons. The second-order valence-electron chi connectivity index (χ2n) is 3.51. The van der Waals surface area contributed by atoms with Crippen LogP contribution in [0.4, 0.5) is 0 Å². The highest BCUT2D eigenvalue weighted by atomic mass is 32.2. The third-order valence-electron chi connectivity index (χ3n) is 2.21. The highest BCUT2D eigenvalue weighted by Gasteiger charge is 2.24. The number of H-pyrrole nitrogens is 1. The summed E-state index contributed by atoms with van der Waals surface area (Å²) in [5.41, 5.74) is 0.430. The number of aromatic nitrogens is 2. The Kier molecular flexibility index (Phi) is 5.50. The Bertz CT molecular complexity index is 379. The van der Waals surface area contributed by atoms with Gasteiger partial charge in [-0.15, -0.1) is 11.8 Å². The van der Waals surface area contributed by atoms with Crippen molar-refractivity contribution < 1.29 is 14.6 Å². The van der Waals surface area contributed by atoms with E-state index < -0.39 is 12.1 Å². The van der Waals surface area contributed by atoms with Gasteiger partial charge in [0.25, 0.3) is 0 Å². The van der Waals surface area contributed by atoms with Crippen molar-refractivity contribution in [2.75, 3.05) is 12.9 Å². The van der Waals surface area contributed by atoms with E-state index in [2.05, 4.69) is 9.97 Å². The SMILES string of the molecule is CCCc1nc(SC)c(C(O)C(=O)OCC)[nH]1. The quantitative estimate of drug-likeness (QED) is 0.600. The summed E-state index contributed by atoms with van der Waals surface area (Å²) in [7, 11) is 0. The summed E-state index contributed by atoms with van der Waals surface area (Å²) in [6.45, 7) is 4.00. The lowest BCUT2D eigenvalue weighted by Crippen LogP contribution is -2.16. The number of rotatable bonds is 6. The summed E-state index contributed by atoms with van der Waals surface area (Å²) in [5, 5.41) is 10.5. The van der Waals surface area contributed by atoms with Crippen LogP contribution in [-0.4, -0.2) is 33.9 Å². The van der Waals surface area contributed by atoms with E-state index >= 15 is 0 Å². The Morgan fingerprint density at radius 2 is 2.29 bits per heavy atom. The van der Waals surface area contributed by atoms with Crippen molar-refractivity contribution in [3.8, 4) is 0 Å². The summed E-state index contributed by atoms with van der Waals surface area (Å²) in [4.78, 5) is 18.8. The minimum Gasteiger partial charge on any atom is -0.464 e. The topological polar surface area (TPSA) is 75.2 Å². The monoisotopic (exact) mass is 258 g/mol. The van der Waals surface area contributed by atoms with Crippen molar-refractivity contribution in [2.24, 2.45) is 0 Å². The fourth-order valence-electron chi connectivity index (χ4n) is 1.45. The maximum atomic E-state index is 11.4. The first-order valence-electron chi connectivity index (χ1n) is 5.61. The summed E-state index contributed by atoms with van der Waals surface area (Å²) in [5.74, 6) is 0.143. The van der Waals surface area contributed by atoms with Gasteiger partial charge < -0.3 is 14.8 Å². The number of aliphatic hydroxyl groups is 1. The van der Waals surface area contributed by atoms with E-state index in [1.807, 2.05) is 13.2 Å². The van der Waals surface area contributed by atoms with Gasteiger partial charge in [0.05, 0.1) is 12.3 Å². The lowest BCUT2D eigenvalue weighted by molar-refractivity contribution is -0.153. The van der Waals surface area contributed by atoms with E-state index in [9.17, 15) is 9.90 Å². The smallest absolute Gasteiger partial charge is 0.341 e. The number of thioether (sulfide) groups is 1. The zero-order valence-corrected chi connectivity index (χ0v) is 11.1. The molecule has 1 unspecified atom stereocenters. The number of carbonyl (C=O) groups excluding carboxylic acids is 1. The molecule has 1 aromatic heterocycles. The molecule has 0 radical (unpaired) electrons. The van der Waals surface area contributed by atoms with Crippen LogP contribution in [0, 0.1) is 0 Å². The number of aliphatic hydroxyl groups excluding tert-OH is 1. The highest BCUT2D eigenvalue weighted by molar-refractivity contribution is 7.98. The van der Waals surface area contributed by atoms with Crippen LogP contribution >= 0.6 is 11.8 Å². The van der Waals surface area contributed by atoms with Crippen molar-refractivity contribution in [3.05, 3.63) is 11.5 Å². The molecule has 17 heavy (non-hydrogen) atoms. The molecule has 1 heterocycles. The van der Waals surface area contributed by atoms with Crippen LogP contribution in [0.3, 0.4) is 0 Å². The number of imidazole rings is 1. The molecule has 0 spiro atoms. The van der Waals surface area contributed by atoms with Gasteiger partial charge in [-0.1, -0.05) is 6.92 Å². The second kappa shape index (κ2) is 6.66. The number of hydrogen-bond acceptors (Lipinski definition) is 5. The maximum Gasteiger partial charge on any atom is 0.341 e. The van der Waals surface area contributed by atoms with Crippen LogP contribution in [0.2, 0.25) is 0 Å². The summed E-state index contributed by atoms with van der Waals surface area (Å²) in [6, 6.07) is 0. The molecule has 0 aliphatic heterocycles. The third-order valence-corrected chi connectivity index (χ3v) is 2.91. The fraction of sp³-hybridized carbons (Fsp3) is 0.636. The van der Waals surface area contributed by atoms with Gasteiger partial charge in [0.15, 0.2) is 6.10 Å². The van der Waals surface area contributed by atoms with Crippen molar-refractivity contribution in [1.82, 2.24) is 9.97 Å². The first kappa shape index (κ1) is 14.1. The Morgan fingerprint density at radius 3 is 2.82 bits per heavy atom. The molecule has 0 aliphatic carbocycles. The average molecular weight is 258 g/mol. The number of hydrogen-bond donors (Lipinski definition) is 2. The average Bonchev–Trinajstić information content (AvgIpc) is 2.72. The zero-order chi connectivity index (χ0) is 12.8. The summed E-state index contributed by atoms with van der Waals surface area (Å²) in [6.07, 6.45) is 2.32. The minimum absolute atomic E-state index is 0.250. The Hall–Kier alpha value is -1.01. The highest BCUT2D eigenvalue weighted by Crippen LogP contribution is 2.25. The molecule has 1 rings (SSSR count). The first-order chi connectivity index (χ1) is 8.13. The Labute approximate surface area is 105 Å². The van der Waals surface area contributed by atoms with Crippen molar-refractivity contribution in [2.45, 2.75) is 37.8 Å². The molecular weight excluding hydrogens is 240 g/mol. The molecule has 2 N–H and O–H groups in total. The van der Waals surface area contributed by atoms with Gasteiger partial charge in [-0.3, -0.25) is 0 Å². The molecule has 0 fully saturated rings. The van der Waals surface area contributed by atoms with E-state index in [4.69, 9.17) is 4.74 Å². The van der Waals surface area contributed by atoms with Crippen LogP contribution < -0.4 is 0 Å². The number of esters is 1. The molecule has 0 bridgehead atoms. The van der Waals surface area contributed by atoms with Crippen molar-refractivity contribution >= 4 is 17.7 Å². The van der Waals surface area contributed by atoms with Gasteiger partial charge in [-0.05, 0) is 19.6 Å². The van der Waals surface area contributed by atoms with Gasteiger partial charge in [-0.25, -0.2) is 9.78 Å². The third kappa shape index (κ3) is 3.47. The zero-order valence-electron chi connectivity index (χ0n) is 10.3. The predicted molar refractivity (Wildman–Crippen MR) is 66.0 cm³/mol. The fourth-order valence-corrected chi connectivity index (χ4v) is 2.04. The number of carbonyl (C=O) groups is 1. The molecule has 1 aromatic rings. The molecule has 6 heteroatoms. The first-order valence-corrected chi connectivity index (χ1v) is 6.83. The van der Waals surface area contributed by atoms with Crippen LogP contribution in [0.25, 0.3) is 0 Å². The molecule has 0 aliphatic rings. The van der Waals surface area contributed by atoms with Gasteiger partial charge in [-0.2, -0.15) is 0 Å². The number of aromatic amines is 1. The summed E-state index contributed by atoms with van der Waals surface area (Å²) < 4.78 is 4.78. The van der Waals surface area contributed by atoms with Crippen molar-refractivity contribution in [3.63, 3.8) is 0 Å². The lowest BCUT2D eigenvalue weighted by atomic mass is 10.3.